The van der Waals surface area contributed by atoms with Crippen molar-refractivity contribution in [3.05, 3.63) is 23.3 Å². The number of amides is 1. The van der Waals surface area contributed by atoms with Crippen molar-refractivity contribution < 1.29 is 4.79 Å². The lowest BCUT2D eigenvalue weighted by atomic mass is 10.1. The third-order valence-corrected chi connectivity index (χ3v) is 8.11. The second-order valence-corrected chi connectivity index (χ2v) is 11.9. The van der Waals surface area contributed by atoms with E-state index in [1.807, 2.05) is 9.47 Å². The van der Waals surface area contributed by atoms with E-state index < -0.39 is 7.92 Å². The molecule has 0 N–H and O–H groups in total. The van der Waals surface area contributed by atoms with E-state index >= 15 is 0 Å². The van der Waals surface area contributed by atoms with E-state index in [1.165, 1.54) is 11.1 Å². The van der Waals surface area contributed by atoms with Crippen LogP contribution < -0.4 is 5.57 Å². The molecule has 1 aromatic carbocycles. The van der Waals surface area contributed by atoms with E-state index in [0.717, 1.165) is 16.6 Å². The van der Waals surface area contributed by atoms with E-state index in [2.05, 4.69) is 81.4 Å². The van der Waals surface area contributed by atoms with Gasteiger partial charge in [0.2, 0.25) is 0 Å². The number of imidazole rings is 1. The maximum atomic E-state index is 13.7. The first-order valence-corrected chi connectivity index (χ1v) is 11.6. The van der Waals surface area contributed by atoms with Crippen molar-refractivity contribution in [3.8, 4) is 0 Å². The maximum Gasteiger partial charge on any atom is 0.330 e. The topological polar surface area (TPSA) is 38.1 Å². The van der Waals surface area contributed by atoms with Crippen LogP contribution in [0.25, 0.3) is 11.0 Å². The summed E-state index contributed by atoms with van der Waals surface area (Å²) in [5, 5.41) is 0. The zero-order valence-electron chi connectivity index (χ0n) is 18.7. The van der Waals surface area contributed by atoms with Gasteiger partial charge in [-0.2, -0.15) is 0 Å². The van der Waals surface area contributed by atoms with Gasteiger partial charge < -0.3 is 4.90 Å². The second kappa shape index (κ2) is 8.31. The highest BCUT2D eigenvalue weighted by Crippen LogP contribution is 2.45. The third kappa shape index (κ3) is 4.21. The van der Waals surface area contributed by atoms with Crippen molar-refractivity contribution in [2.75, 3.05) is 0 Å². The molecule has 1 aromatic heterocycles. The standard InChI is InChI=1S/C22H36N3OP/c1-13(2)24(14(3)4)22(26)25-20-12-18(10)17(9)11-19(20)23-21(25)27(15(5)6)16(7)8/h11-16H,1-10H3. The first-order chi connectivity index (χ1) is 12.5. The summed E-state index contributed by atoms with van der Waals surface area (Å²) in [6.07, 6.45) is 0. The van der Waals surface area contributed by atoms with Crippen LogP contribution in [-0.4, -0.2) is 43.9 Å². The number of fused-ring (bicyclic) bond motifs is 1. The van der Waals surface area contributed by atoms with Crippen molar-refractivity contribution >= 4 is 30.6 Å². The van der Waals surface area contributed by atoms with Gasteiger partial charge in [-0.15, -0.1) is 0 Å². The SMILES string of the molecule is Cc1cc2nc(P(C(C)C)C(C)C)n(C(=O)N(C(C)C)C(C)C)c2cc1C. The molecule has 0 unspecified atom stereocenters. The molecule has 0 radical (unpaired) electrons. The van der Waals surface area contributed by atoms with E-state index in [9.17, 15) is 4.79 Å². The summed E-state index contributed by atoms with van der Waals surface area (Å²) in [5.74, 6) is 0. The number of nitrogens with zero attached hydrogens (tertiary/aromatic N) is 3. The largest absolute Gasteiger partial charge is 0.330 e. The molecular formula is C22H36N3OP. The van der Waals surface area contributed by atoms with Crippen molar-refractivity contribution in [1.29, 1.82) is 0 Å². The minimum atomic E-state index is -0.552. The summed E-state index contributed by atoms with van der Waals surface area (Å²) < 4.78 is 1.92. The smallest absolute Gasteiger partial charge is 0.319 e. The molecule has 0 aliphatic rings. The lowest BCUT2D eigenvalue weighted by molar-refractivity contribution is 0.168. The van der Waals surface area contributed by atoms with Crippen LogP contribution in [0.4, 0.5) is 4.79 Å². The molecule has 4 nitrogen and oxygen atoms in total. The number of benzene rings is 1. The van der Waals surface area contributed by atoms with Crippen LogP contribution >= 0.6 is 7.92 Å². The van der Waals surface area contributed by atoms with E-state index in [0.29, 0.717) is 11.3 Å². The summed E-state index contributed by atoms with van der Waals surface area (Å²) in [5.41, 5.74) is 6.19. The van der Waals surface area contributed by atoms with Gasteiger partial charge in [0, 0.05) is 12.1 Å². The van der Waals surface area contributed by atoms with Gasteiger partial charge in [-0.05, 0) is 84.0 Å². The Bertz CT molecular complexity index is 805. The molecule has 0 saturated heterocycles. The summed E-state index contributed by atoms with van der Waals surface area (Å²) in [6, 6.07) is 4.58. The zero-order valence-corrected chi connectivity index (χ0v) is 19.6. The fraction of sp³-hybridized carbons (Fsp3) is 0.636. The summed E-state index contributed by atoms with van der Waals surface area (Å²) >= 11 is 0. The van der Waals surface area contributed by atoms with Gasteiger partial charge in [-0.1, -0.05) is 27.7 Å². The van der Waals surface area contributed by atoms with E-state index in [4.69, 9.17) is 4.98 Å². The Morgan fingerprint density at radius 2 is 1.41 bits per heavy atom. The highest BCUT2D eigenvalue weighted by molar-refractivity contribution is 7.66. The molecule has 0 bridgehead atoms. The van der Waals surface area contributed by atoms with Crippen LogP contribution in [0.2, 0.25) is 0 Å². The Balaban J connectivity index is 2.82. The van der Waals surface area contributed by atoms with Gasteiger partial charge in [0.15, 0.2) is 0 Å². The predicted molar refractivity (Wildman–Crippen MR) is 119 cm³/mol. The lowest BCUT2D eigenvalue weighted by Crippen LogP contribution is -2.47. The van der Waals surface area contributed by atoms with Crippen LogP contribution in [0.3, 0.4) is 0 Å². The number of carbonyl (C=O) groups is 1. The van der Waals surface area contributed by atoms with Crippen molar-refractivity contribution in [3.63, 3.8) is 0 Å². The molecule has 1 amide bonds. The highest BCUT2D eigenvalue weighted by Gasteiger charge is 2.31. The first-order valence-electron chi connectivity index (χ1n) is 10.1. The van der Waals surface area contributed by atoms with Crippen LogP contribution in [0.1, 0.15) is 66.5 Å². The van der Waals surface area contributed by atoms with Crippen LogP contribution in [0, 0.1) is 13.8 Å². The van der Waals surface area contributed by atoms with Crippen molar-refractivity contribution in [2.45, 2.75) is 92.6 Å². The van der Waals surface area contributed by atoms with Gasteiger partial charge in [0.05, 0.1) is 11.0 Å². The molecule has 2 rings (SSSR count). The fourth-order valence-electron chi connectivity index (χ4n) is 3.89. The lowest BCUT2D eigenvalue weighted by Gasteiger charge is -2.33. The fourth-order valence-corrected chi connectivity index (χ4v) is 6.66. The number of aromatic nitrogens is 2. The molecule has 0 aliphatic carbocycles. The molecule has 0 spiro atoms. The van der Waals surface area contributed by atoms with Crippen molar-refractivity contribution in [2.24, 2.45) is 0 Å². The molecule has 0 fully saturated rings. The van der Waals surface area contributed by atoms with Gasteiger partial charge >= 0.3 is 6.03 Å². The average Bonchev–Trinajstić information content (AvgIpc) is 2.83. The van der Waals surface area contributed by atoms with Crippen LogP contribution in [0.5, 0.6) is 0 Å². The van der Waals surface area contributed by atoms with Crippen molar-refractivity contribution in [1.82, 2.24) is 14.5 Å². The Hall–Kier alpha value is -1.41. The molecule has 27 heavy (non-hydrogen) atoms. The van der Waals surface area contributed by atoms with Crippen LogP contribution in [0.15, 0.2) is 12.1 Å². The zero-order chi connectivity index (χ0) is 20.6. The van der Waals surface area contributed by atoms with Crippen LogP contribution in [-0.2, 0) is 0 Å². The molecule has 0 atom stereocenters. The maximum absolute atomic E-state index is 13.7. The number of aryl methyl sites for hydroxylation is 2. The summed E-state index contributed by atoms with van der Waals surface area (Å²) in [7, 11) is -0.552. The molecule has 0 saturated carbocycles. The quantitative estimate of drug-likeness (QED) is 0.619. The van der Waals surface area contributed by atoms with Gasteiger partial charge in [-0.3, -0.25) is 0 Å². The Kier molecular flexibility index (Phi) is 6.73. The number of carbonyl (C=O) groups excluding carboxylic acids is 1. The first kappa shape index (κ1) is 21.9. The van der Waals surface area contributed by atoms with Gasteiger partial charge in [0.25, 0.3) is 0 Å². The predicted octanol–water partition coefficient (Wildman–Crippen LogP) is 5.66. The van der Waals surface area contributed by atoms with Gasteiger partial charge in [-0.25, -0.2) is 14.3 Å². The molecule has 2 aromatic rings. The minimum Gasteiger partial charge on any atom is -0.319 e. The Labute approximate surface area is 166 Å². The van der Waals surface area contributed by atoms with E-state index in [-0.39, 0.29) is 18.1 Å². The average molecular weight is 390 g/mol. The Morgan fingerprint density at radius 1 is 0.926 bits per heavy atom. The normalized spacial score (nSPS) is 12.4. The molecular weight excluding hydrogens is 353 g/mol. The monoisotopic (exact) mass is 389 g/mol. The number of hydrogen-bond acceptors (Lipinski definition) is 2. The summed E-state index contributed by atoms with van der Waals surface area (Å²) in [4.78, 5) is 20.7. The highest BCUT2D eigenvalue weighted by atomic mass is 31.1. The second-order valence-electron chi connectivity index (χ2n) is 8.64. The number of rotatable bonds is 5. The molecule has 0 aliphatic heterocycles. The van der Waals surface area contributed by atoms with Gasteiger partial charge in [0.1, 0.15) is 5.57 Å². The number of hydrogen-bond donors (Lipinski definition) is 0. The minimum absolute atomic E-state index is 0.0505. The third-order valence-electron chi connectivity index (χ3n) is 5.12. The summed E-state index contributed by atoms with van der Waals surface area (Å²) in [6.45, 7) is 21.5. The Morgan fingerprint density at radius 3 is 1.85 bits per heavy atom. The van der Waals surface area contributed by atoms with E-state index in [1.54, 1.807) is 0 Å². The molecule has 1 heterocycles. The molecule has 5 heteroatoms. The molecule has 150 valence electrons.